The molecule has 0 aliphatic carbocycles. The molecule has 2 aromatic rings. The summed E-state index contributed by atoms with van der Waals surface area (Å²) in [7, 11) is 0. The van der Waals surface area contributed by atoms with E-state index in [-0.39, 0.29) is 10.8 Å². The maximum absolute atomic E-state index is 13.9. The van der Waals surface area contributed by atoms with Crippen molar-refractivity contribution < 1.29 is 9.13 Å². The Bertz CT molecular complexity index is 625. The summed E-state index contributed by atoms with van der Waals surface area (Å²) in [5, 5.41) is 3.29. The lowest BCUT2D eigenvalue weighted by molar-refractivity contribution is 0.420. The van der Waals surface area contributed by atoms with Gasteiger partial charge in [-0.3, -0.25) is 0 Å². The highest BCUT2D eigenvalue weighted by atomic mass is 79.9. The van der Waals surface area contributed by atoms with Gasteiger partial charge in [0.1, 0.15) is 0 Å². The Kier molecular flexibility index (Phi) is 5.96. The van der Waals surface area contributed by atoms with Gasteiger partial charge in [-0.05, 0) is 47.1 Å². The topological polar surface area (TPSA) is 34.2 Å². The minimum atomic E-state index is -0.587. The van der Waals surface area contributed by atoms with Crippen LogP contribution in [0.1, 0.15) is 18.9 Å². The summed E-state index contributed by atoms with van der Waals surface area (Å²) >= 11 is 9.13. The Hall–Kier alpha value is -1.17. The number of nitrogens with zero attached hydrogens (tertiary/aromatic N) is 1. The van der Waals surface area contributed by atoms with Crippen molar-refractivity contribution >= 4 is 27.5 Å². The Labute approximate surface area is 136 Å². The van der Waals surface area contributed by atoms with Gasteiger partial charge in [0.05, 0.1) is 5.02 Å². The summed E-state index contributed by atoms with van der Waals surface area (Å²) in [5.74, 6) is -0.159. The largest absolute Gasteiger partial charge is 0.436 e. The van der Waals surface area contributed by atoms with Crippen LogP contribution in [0.3, 0.4) is 0 Å². The first-order valence-corrected chi connectivity index (χ1v) is 7.76. The van der Waals surface area contributed by atoms with Crippen LogP contribution in [0.2, 0.25) is 5.02 Å². The predicted molar refractivity (Wildman–Crippen MR) is 85.4 cm³/mol. The van der Waals surface area contributed by atoms with Crippen molar-refractivity contribution in [3.63, 3.8) is 0 Å². The molecule has 0 aliphatic rings. The zero-order valence-electron chi connectivity index (χ0n) is 11.5. The summed E-state index contributed by atoms with van der Waals surface area (Å²) < 4.78 is 20.3. The molecule has 0 fully saturated rings. The summed E-state index contributed by atoms with van der Waals surface area (Å²) in [6, 6.07) is 6.53. The fourth-order valence-electron chi connectivity index (χ4n) is 1.75. The molecule has 21 heavy (non-hydrogen) atoms. The second kappa shape index (κ2) is 7.73. The Morgan fingerprint density at radius 2 is 2.24 bits per heavy atom. The summed E-state index contributed by atoms with van der Waals surface area (Å²) in [4.78, 5) is 4.20. The van der Waals surface area contributed by atoms with E-state index < -0.39 is 5.82 Å². The highest BCUT2D eigenvalue weighted by molar-refractivity contribution is 9.10. The van der Waals surface area contributed by atoms with E-state index in [0.717, 1.165) is 23.0 Å². The van der Waals surface area contributed by atoms with Crippen LogP contribution < -0.4 is 10.1 Å². The van der Waals surface area contributed by atoms with E-state index in [1.165, 1.54) is 12.1 Å². The van der Waals surface area contributed by atoms with E-state index in [2.05, 4.69) is 33.2 Å². The van der Waals surface area contributed by atoms with Crippen molar-refractivity contribution in [2.45, 2.75) is 19.9 Å². The van der Waals surface area contributed by atoms with Crippen LogP contribution >= 0.6 is 27.5 Å². The number of halogens is 3. The first-order chi connectivity index (χ1) is 10.1. The third-order valence-corrected chi connectivity index (χ3v) is 3.48. The van der Waals surface area contributed by atoms with Crippen LogP contribution in [0, 0.1) is 5.82 Å². The smallest absolute Gasteiger partial charge is 0.223 e. The SMILES string of the molecule is CCCNCc1cc(Br)cnc1Oc1cccc(Cl)c1F. The molecule has 0 bridgehead atoms. The van der Waals surface area contributed by atoms with Crippen LogP contribution in [0.5, 0.6) is 11.6 Å². The lowest BCUT2D eigenvalue weighted by Crippen LogP contribution is -2.14. The van der Waals surface area contributed by atoms with E-state index in [4.69, 9.17) is 16.3 Å². The third kappa shape index (κ3) is 4.40. The number of aromatic nitrogens is 1. The lowest BCUT2D eigenvalue weighted by Gasteiger charge is -2.12. The Morgan fingerprint density at radius 3 is 3.00 bits per heavy atom. The predicted octanol–water partition coefficient (Wildman–Crippen LogP) is 4.93. The molecule has 1 aromatic carbocycles. The molecular weight excluding hydrogens is 359 g/mol. The van der Waals surface area contributed by atoms with Gasteiger partial charge in [0, 0.05) is 22.8 Å². The van der Waals surface area contributed by atoms with Gasteiger partial charge in [0.2, 0.25) is 5.88 Å². The normalized spacial score (nSPS) is 10.7. The molecule has 2 rings (SSSR count). The quantitative estimate of drug-likeness (QED) is 0.729. The number of hydrogen-bond acceptors (Lipinski definition) is 3. The van der Waals surface area contributed by atoms with E-state index >= 15 is 0 Å². The summed E-state index contributed by atoms with van der Waals surface area (Å²) in [6.07, 6.45) is 2.64. The van der Waals surface area contributed by atoms with Crippen LogP contribution in [0.15, 0.2) is 34.9 Å². The summed E-state index contributed by atoms with van der Waals surface area (Å²) in [6.45, 7) is 3.57. The van der Waals surface area contributed by atoms with Gasteiger partial charge >= 0.3 is 0 Å². The van der Waals surface area contributed by atoms with Gasteiger partial charge in [-0.15, -0.1) is 0 Å². The minimum absolute atomic E-state index is 0.0234. The maximum Gasteiger partial charge on any atom is 0.223 e. The molecule has 0 radical (unpaired) electrons. The molecule has 6 heteroatoms. The van der Waals surface area contributed by atoms with Crippen LogP contribution in [0.4, 0.5) is 4.39 Å². The first-order valence-electron chi connectivity index (χ1n) is 6.58. The summed E-state index contributed by atoms with van der Waals surface area (Å²) in [5.41, 5.74) is 0.845. The fourth-order valence-corrected chi connectivity index (χ4v) is 2.30. The second-order valence-corrected chi connectivity index (χ2v) is 5.77. The maximum atomic E-state index is 13.9. The molecular formula is C15H15BrClFN2O. The van der Waals surface area contributed by atoms with Crippen LogP contribution in [0.25, 0.3) is 0 Å². The average Bonchev–Trinajstić information content (AvgIpc) is 2.46. The van der Waals surface area contributed by atoms with Crippen molar-refractivity contribution in [1.82, 2.24) is 10.3 Å². The molecule has 0 unspecified atom stereocenters. The van der Waals surface area contributed by atoms with Gasteiger partial charge < -0.3 is 10.1 Å². The highest BCUT2D eigenvalue weighted by Gasteiger charge is 2.12. The van der Waals surface area contributed by atoms with Crippen molar-refractivity contribution in [3.8, 4) is 11.6 Å². The molecule has 0 saturated heterocycles. The van der Waals surface area contributed by atoms with Crippen LogP contribution in [-0.2, 0) is 6.54 Å². The molecule has 3 nitrogen and oxygen atoms in total. The molecule has 1 aromatic heterocycles. The first kappa shape index (κ1) is 16.2. The van der Waals surface area contributed by atoms with Gasteiger partial charge in [-0.1, -0.05) is 24.6 Å². The molecule has 0 aliphatic heterocycles. The fraction of sp³-hybridized carbons (Fsp3) is 0.267. The Morgan fingerprint density at radius 1 is 1.43 bits per heavy atom. The zero-order valence-corrected chi connectivity index (χ0v) is 13.8. The van der Waals surface area contributed by atoms with E-state index in [1.807, 2.05) is 6.07 Å². The molecule has 0 saturated carbocycles. The van der Waals surface area contributed by atoms with E-state index in [9.17, 15) is 4.39 Å². The minimum Gasteiger partial charge on any atom is -0.436 e. The zero-order chi connectivity index (χ0) is 15.2. The van der Waals surface area contributed by atoms with Gasteiger partial charge in [0.15, 0.2) is 11.6 Å². The highest BCUT2D eigenvalue weighted by Crippen LogP contribution is 2.30. The number of hydrogen-bond donors (Lipinski definition) is 1. The molecule has 1 N–H and O–H groups in total. The number of rotatable bonds is 6. The van der Waals surface area contributed by atoms with Crippen molar-refractivity contribution in [2.75, 3.05) is 6.54 Å². The number of nitrogens with one attached hydrogen (secondary N) is 1. The average molecular weight is 374 g/mol. The van der Waals surface area contributed by atoms with Crippen molar-refractivity contribution in [3.05, 3.63) is 51.3 Å². The molecule has 1 heterocycles. The molecule has 0 spiro atoms. The third-order valence-electron chi connectivity index (χ3n) is 2.76. The Balaban J connectivity index is 2.24. The van der Waals surface area contributed by atoms with Gasteiger partial charge in [-0.2, -0.15) is 0 Å². The number of pyridine rings is 1. The van der Waals surface area contributed by atoms with E-state index in [0.29, 0.717) is 12.4 Å². The molecule has 0 amide bonds. The second-order valence-electron chi connectivity index (χ2n) is 4.45. The van der Waals surface area contributed by atoms with Crippen LogP contribution in [-0.4, -0.2) is 11.5 Å². The number of benzene rings is 1. The molecule has 0 atom stereocenters. The molecule has 112 valence electrons. The standard InChI is InChI=1S/C15H15BrClFN2O/c1-2-6-19-8-10-7-11(16)9-20-15(10)21-13-5-3-4-12(17)14(13)18/h3-5,7,9,19H,2,6,8H2,1H3. The van der Waals surface area contributed by atoms with Gasteiger partial charge in [0.25, 0.3) is 0 Å². The van der Waals surface area contributed by atoms with E-state index in [1.54, 1.807) is 12.3 Å². The monoisotopic (exact) mass is 372 g/mol. The van der Waals surface area contributed by atoms with Crippen molar-refractivity contribution in [1.29, 1.82) is 0 Å². The number of ether oxygens (including phenoxy) is 1. The lowest BCUT2D eigenvalue weighted by atomic mass is 10.2. The van der Waals surface area contributed by atoms with Gasteiger partial charge in [-0.25, -0.2) is 9.37 Å². The van der Waals surface area contributed by atoms with Crippen molar-refractivity contribution in [2.24, 2.45) is 0 Å².